The molecule has 31 heavy (non-hydrogen) atoms. The van der Waals surface area contributed by atoms with Gasteiger partial charge in [-0.1, -0.05) is 17.7 Å². The Hall–Kier alpha value is -2.42. The van der Waals surface area contributed by atoms with Crippen LogP contribution in [0.1, 0.15) is 24.8 Å². The summed E-state index contributed by atoms with van der Waals surface area (Å²) in [7, 11) is 0. The van der Waals surface area contributed by atoms with Crippen molar-refractivity contribution in [3.8, 4) is 0 Å². The van der Waals surface area contributed by atoms with Crippen molar-refractivity contribution in [1.29, 1.82) is 0 Å². The fraction of sp³-hybridized carbons (Fsp3) is 0.391. The highest BCUT2D eigenvalue weighted by atomic mass is 32.1. The van der Waals surface area contributed by atoms with E-state index in [1.165, 1.54) is 29.9 Å². The summed E-state index contributed by atoms with van der Waals surface area (Å²) in [4.78, 5) is 24.9. The second-order valence-electron chi connectivity index (χ2n) is 7.36. The lowest BCUT2D eigenvalue weighted by molar-refractivity contribution is -0.127. The third kappa shape index (κ3) is 9.08. The highest BCUT2D eigenvalue weighted by Gasteiger charge is 2.35. The minimum atomic E-state index is -0.634. The molecule has 2 saturated heterocycles. The Bertz CT molecular complexity index is 785. The van der Waals surface area contributed by atoms with Crippen LogP contribution in [0.2, 0.25) is 0 Å². The van der Waals surface area contributed by atoms with Gasteiger partial charge >= 0.3 is 0 Å². The number of hydrogen-bond donors (Lipinski definition) is 3. The van der Waals surface area contributed by atoms with Crippen molar-refractivity contribution in [2.75, 3.05) is 25.1 Å². The molecule has 0 saturated carbocycles. The number of carbonyl (C=O) groups is 2. The van der Waals surface area contributed by atoms with Crippen LogP contribution in [0.3, 0.4) is 0 Å². The highest BCUT2D eigenvalue weighted by Crippen LogP contribution is 2.19. The molecule has 168 valence electrons. The minimum absolute atomic E-state index is 0.171. The number of nitrogens with zero attached hydrogens (tertiary/aromatic N) is 1. The van der Waals surface area contributed by atoms with Gasteiger partial charge in [-0.2, -0.15) is 0 Å². The topological polar surface area (TPSA) is 78.9 Å². The van der Waals surface area contributed by atoms with Crippen molar-refractivity contribution in [3.63, 3.8) is 0 Å². The standard InChI is InChI=1S/C12H14N2O3S.C7H7F.C4H8O/c15-7-14-6-9(16)5-11(14)12(17)13-8-1-3-10(18)4-2-8;1-6-2-4-7(8)5-3-6;1-2-4-5-3-1/h1-4,7,9,11,16,18H,5-6H2,(H,13,17);2-5H,1H3;1-4H2. The summed E-state index contributed by atoms with van der Waals surface area (Å²) in [6.07, 6.45) is 2.79. The van der Waals surface area contributed by atoms with E-state index in [1.807, 2.05) is 6.92 Å². The number of carbonyl (C=O) groups excluding carboxylic acids is 2. The molecule has 2 aliphatic rings. The summed E-state index contributed by atoms with van der Waals surface area (Å²) in [5, 5.41) is 12.2. The Kier molecular flexibility index (Phi) is 10.5. The summed E-state index contributed by atoms with van der Waals surface area (Å²) in [5.41, 5.74) is 1.73. The first kappa shape index (κ1) is 24.8. The number of hydrogen-bond acceptors (Lipinski definition) is 5. The fourth-order valence-corrected chi connectivity index (χ4v) is 3.18. The number of aliphatic hydroxyl groups is 1. The van der Waals surface area contributed by atoms with Crippen LogP contribution in [0.25, 0.3) is 0 Å². The maximum atomic E-state index is 12.1. The van der Waals surface area contributed by atoms with Crippen molar-refractivity contribution >= 4 is 30.6 Å². The van der Waals surface area contributed by atoms with Crippen molar-refractivity contribution in [1.82, 2.24) is 4.90 Å². The van der Waals surface area contributed by atoms with E-state index in [0.29, 0.717) is 12.1 Å². The molecule has 2 N–H and O–H groups in total. The molecule has 2 atom stereocenters. The van der Waals surface area contributed by atoms with Crippen molar-refractivity contribution < 1.29 is 23.8 Å². The lowest BCUT2D eigenvalue weighted by atomic mass is 10.2. The smallest absolute Gasteiger partial charge is 0.247 e. The van der Waals surface area contributed by atoms with Gasteiger partial charge in [0.05, 0.1) is 6.10 Å². The number of rotatable bonds is 3. The van der Waals surface area contributed by atoms with Gasteiger partial charge in [-0.25, -0.2) is 4.39 Å². The van der Waals surface area contributed by atoms with Gasteiger partial charge < -0.3 is 20.1 Å². The predicted molar refractivity (Wildman–Crippen MR) is 121 cm³/mol. The van der Waals surface area contributed by atoms with Gasteiger partial charge in [0, 0.05) is 36.8 Å². The summed E-state index contributed by atoms with van der Waals surface area (Å²) >= 11 is 4.15. The third-order valence-electron chi connectivity index (χ3n) is 4.73. The van der Waals surface area contributed by atoms with Gasteiger partial charge in [0.2, 0.25) is 12.3 Å². The number of nitrogens with one attached hydrogen (secondary N) is 1. The fourth-order valence-electron chi connectivity index (χ4n) is 3.03. The summed E-state index contributed by atoms with van der Waals surface area (Å²) in [6, 6.07) is 12.8. The summed E-state index contributed by atoms with van der Waals surface area (Å²) < 4.78 is 17.0. The second-order valence-corrected chi connectivity index (χ2v) is 7.88. The molecule has 2 heterocycles. The molecule has 2 amide bonds. The number of halogens is 1. The molecule has 2 aromatic carbocycles. The van der Waals surface area contributed by atoms with Gasteiger partial charge in [0.15, 0.2) is 0 Å². The average molecular weight is 449 g/mol. The Morgan fingerprint density at radius 2 is 1.77 bits per heavy atom. The van der Waals surface area contributed by atoms with Crippen molar-refractivity contribution in [2.45, 2.75) is 43.2 Å². The Morgan fingerprint density at radius 1 is 1.16 bits per heavy atom. The number of aryl methyl sites for hydroxylation is 1. The van der Waals surface area contributed by atoms with Gasteiger partial charge in [-0.3, -0.25) is 9.59 Å². The minimum Gasteiger partial charge on any atom is -0.391 e. The molecule has 2 unspecified atom stereocenters. The second kappa shape index (κ2) is 13.1. The first-order chi connectivity index (χ1) is 14.9. The molecule has 0 aliphatic carbocycles. The largest absolute Gasteiger partial charge is 0.391 e. The van der Waals surface area contributed by atoms with Crippen LogP contribution in [0.5, 0.6) is 0 Å². The molecule has 8 heteroatoms. The highest BCUT2D eigenvalue weighted by molar-refractivity contribution is 7.80. The van der Waals surface area contributed by atoms with Gasteiger partial charge in [-0.05, 0) is 56.2 Å². The molecule has 0 spiro atoms. The summed E-state index contributed by atoms with van der Waals surface area (Å²) in [5.74, 6) is -0.457. The third-order valence-corrected chi connectivity index (χ3v) is 5.03. The molecule has 0 aromatic heterocycles. The van der Waals surface area contributed by atoms with E-state index in [2.05, 4.69) is 17.9 Å². The normalized spacial score (nSPS) is 19.5. The number of anilines is 1. The van der Waals surface area contributed by atoms with Crippen LogP contribution in [-0.4, -0.2) is 54.2 Å². The monoisotopic (exact) mass is 448 g/mol. The zero-order valence-corrected chi connectivity index (χ0v) is 18.4. The lowest BCUT2D eigenvalue weighted by Crippen LogP contribution is -2.38. The quantitative estimate of drug-likeness (QED) is 0.497. The molecule has 4 rings (SSSR count). The first-order valence-corrected chi connectivity index (χ1v) is 10.6. The predicted octanol–water partition coefficient (Wildman–Crippen LogP) is 3.44. The van der Waals surface area contributed by atoms with E-state index in [0.717, 1.165) is 23.7 Å². The molecule has 0 radical (unpaired) electrons. The van der Waals surface area contributed by atoms with Gasteiger partial charge in [0.25, 0.3) is 0 Å². The first-order valence-electron chi connectivity index (χ1n) is 10.2. The van der Waals surface area contributed by atoms with Crippen molar-refractivity contribution in [3.05, 3.63) is 59.9 Å². The SMILES string of the molecule is C1CCOC1.Cc1ccc(F)cc1.O=CN1CC(O)CC1C(=O)Nc1ccc(S)cc1. The molecule has 2 aromatic rings. The Balaban J connectivity index is 0.000000214. The van der Waals surface area contributed by atoms with E-state index >= 15 is 0 Å². The maximum Gasteiger partial charge on any atom is 0.247 e. The van der Waals surface area contributed by atoms with Crippen LogP contribution in [0, 0.1) is 12.7 Å². The lowest BCUT2D eigenvalue weighted by Gasteiger charge is -2.18. The molecular formula is C23H29FN2O4S. The van der Waals surface area contributed by atoms with Crippen molar-refractivity contribution in [2.24, 2.45) is 0 Å². The number of aliphatic hydroxyl groups excluding tert-OH is 1. The van der Waals surface area contributed by atoms with E-state index in [-0.39, 0.29) is 24.7 Å². The Labute approximate surface area is 187 Å². The molecular weight excluding hydrogens is 419 g/mol. The van der Waals surface area contributed by atoms with E-state index in [9.17, 15) is 19.1 Å². The zero-order valence-electron chi connectivity index (χ0n) is 17.5. The number of thiol groups is 1. The Morgan fingerprint density at radius 3 is 2.26 bits per heavy atom. The van der Waals surface area contributed by atoms with Crippen LogP contribution in [-0.2, 0) is 14.3 Å². The molecule has 6 nitrogen and oxygen atoms in total. The van der Waals surface area contributed by atoms with E-state index < -0.39 is 12.1 Å². The number of benzene rings is 2. The van der Waals surface area contributed by atoms with Crippen LogP contribution >= 0.6 is 12.6 Å². The number of β-amino-alcohol motifs (C(OH)–C–C–N with tert-alkyl or cyclic N) is 1. The van der Waals surface area contributed by atoms with Gasteiger partial charge in [-0.15, -0.1) is 12.6 Å². The van der Waals surface area contributed by atoms with Crippen LogP contribution < -0.4 is 5.32 Å². The van der Waals surface area contributed by atoms with Crippen LogP contribution in [0.15, 0.2) is 53.4 Å². The van der Waals surface area contributed by atoms with E-state index in [4.69, 9.17) is 4.74 Å². The number of amides is 2. The zero-order chi connectivity index (χ0) is 22.6. The maximum absolute atomic E-state index is 12.1. The number of ether oxygens (including phenoxy) is 1. The summed E-state index contributed by atoms with van der Waals surface area (Å²) in [6.45, 7) is 4.14. The molecule has 0 bridgehead atoms. The van der Waals surface area contributed by atoms with Gasteiger partial charge in [0.1, 0.15) is 11.9 Å². The molecule has 2 fully saturated rings. The average Bonchev–Trinajstić information content (AvgIpc) is 3.45. The number of likely N-dealkylation sites (tertiary alicyclic amines) is 1. The van der Waals surface area contributed by atoms with E-state index in [1.54, 1.807) is 36.4 Å². The molecule has 2 aliphatic heterocycles. The van der Waals surface area contributed by atoms with Crippen LogP contribution in [0.4, 0.5) is 10.1 Å².